The number of aromatic nitrogens is 3. The van der Waals surface area contributed by atoms with Gasteiger partial charge in [-0.25, -0.2) is 0 Å². The van der Waals surface area contributed by atoms with Gasteiger partial charge in [-0.15, -0.1) is 37.2 Å². The molecule has 7 heteroatoms. The third-order valence-electron chi connectivity index (χ3n) is 3.24. The van der Waals surface area contributed by atoms with Gasteiger partial charge in [-0.2, -0.15) is 5.10 Å². The van der Waals surface area contributed by atoms with Crippen LogP contribution in [-0.2, 0) is 5.54 Å². The molecular weight excluding hydrogens is 343 g/mol. The summed E-state index contributed by atoms with van der Waals surface area (Å²) in [5.41, 5.74) is 9.77. The summed E-state index contributed by atoms with van der Waals surface area (Å²) in [5.74, 6) is 0. The smallest absolute Gasteiger partial charge is 0.0702 e. The van der Waals surface area contributed by atoms with E-state index in [2.05, 4.69) is 21.2 Å². The second-order valence-electron chi connectivity index (χ2n) is 5.33. The van der Waals surface area contributed by atoms with Crippen LogP contribution in [0.3, 0.4) is 0 Å². The Bertz CT molecular complexity index is 717. The number of nitrogens with one attached hydrogen (secondary N) is 1. The molecule has 120 valence electrons. The Labute approximate surface area is 148 Å². The van der Waals surface area contributed by atoms with E-state index in [0.717, 1.165) is 27.7 Å². The highest BCUT2D eigenvalue weighted by Gasteiger charge is 2.14. The molecule has 2 aromatic heterocycles. The molecule has 0 aliphatic rings. The number of nitrogens with two attached hydrogens (primary N) is 1. The molecular formula is C15H19Cl3N4. The Hall–Kier alpha value is -1.33. The van der Waals surface area contributed by atoms with Crippen molar-refractivity contribution in [1.29, 1.82) is 0 Å². The maximum Gasteiger partial charge on any atom is 0.0702 e. The predicted molar refractivity (Wildman–Crippen MR) is 98.3 cm³/mol. The first-order valence-electron chi connectivity index (χ1n) is 6.23. The molecule has 3 N–H and O–H groups in total. The van der Waals surface area contributed by atoms with Crippen LogP contribution in [0.5, 0.6) is 0 Å². The van der Waals surface area contributed by atoms with E-state index in [4.69, 9.17) is 5.73 Å². The van der Waals surface area contributed by atoms with Crippen molar-refractivity contribution in [3.8, 4) is 11.3 Å². The van der Waals surface area contributed by atoms with E-state index in [1.807, 2.05) is 50.5 Å². The average Bonchev–Trinajstić information content (AvgIpc) is 2.85. The molecule has 0 radical (unpaired) electrons. The molecule has 0 fully saturated rings. The van der Waals surface area contributed by atoms with Gasteiger partial charge >= 0.3 is 0 Å². The number of fused-ring (bicyclic) bond motifs is 1. The topological polar surface area (TPSA) is 67.6 Å². The van der Waals surface area contributed by atoms with Gasteiger partial charge in [-0.3, -0.25) is 10.1 Å². The zero-order valence-electron chi connectivity index (χ0n) is 12.2. The second-order valence-corrected chi connectivity index (χ2v) is 5.33. The SMILES string of the molecule is CC(C)(N)c1ccc(-c2ccc3[nH]ncc3c2)nc1.Cl.Cl.Cl. The van der Waals surface area contributed by atoms with Crippen LogP contribution in [-0.4, -0.2) is 15.2 Å². The molecule has 2 heterocycles. The van der Waals surface area contributed by atoms with Crippen molar-refractivity contribution in [1.82, 2.24) is 15.2 Å². The first-order chi connectivity index (χ1) is 9.04. The maximum absolute atomic E-state index is 6.05. The van der Waals surface area contributed by atoms with Crippen molar-refractivity contribution >= 4 is 48.1 Å². The maximum atomic E-state index is 6.05. The normalized spacial score (nSPS) is 10.3. The van der Waals surface area contributed by atoms with Crippen molar-refractivity contribution in [3.05, 3.63) is 48.3 Å². The van der Waals surface area contributed by atoms with E-state index in [0.29, 0.717) is 0 Å². The molecule has 1 aromatic carbocycles. The van der Waals surface area contributed by atoms with Crippen LogP contribution >= 0.6 is 37.2 Å². The lowest BCUT2D eigenvalue weighted by Gasteiger charge is -2.18. The highest BCUT2D eigenvalue weighted by atomic mass is 35.5. The zero-order chi connectivity index (χ0) is 13.5. The molecule has 0 saturated heterocycles. The molecule has 0 unspecified atom stereocenters. The van der Waals surface area contributed by atoms with Crippen LogP contribution in [0.25, 0.3) is 22.2 Å². The van der Waals surface area contributed by atoms with Crippen LogP contribution in [0.2, 0.25) is 0 Å². The Morgan fingerprint density at radius 1 is 1.00 bits per heavy atom. The van der Waals surface area contributed by atoms with Crippen molar-refractivity contribution in [3.63, 3.8) is 0 Å². The molecule has 0 atom stereocenters. The Kier molecular flexibility index (Phi) is 7.32. The number of halogens is 3. The monoisotopic (exact) mass is 360 g/mol. The summed E-state index contributed by atoms with van der Waals surface area (Å²) in [5, 5.41) is 8.05. The Balaban J connectivity index is 0.00000147. The molecule has 0 saturated carbocycles. The molecule has 4 nitrogen and oxygen atoms in total. The van der Waals surface area contributed by atoms with Crippen molar-refractivity contribution in [2.75, 3.05) is 0 Å². The lowest BCUT2D eigenvalue weighted by atomic mass is 9.97. The van der Waals surface area contributed by atoms with Crippen LogP contribution in [0.15, 0.2) is 42.7 Å². The third-order valence-corrected chi connectivity index (χ3v) is 3.24. The van der Waals surface area contributed by atoms with Gasteiger partial charge in [0.25, 0.3) is 0 Å². The molecule has 0 aliphatic carbocycles. The number of nitrogens with zero attached hydrogens (tertiary/aromatic N) is 2. The summed E-state index contributed by atoms with van der Waals surface area (Å²) in [6.45, 7) is 3.95. The quantitative estimate of drug-likeness (QED) is 0.722. The average molecular weight is 362 g/mol. The summed E-state index contributed by atoms with van der Waals surface area (Å²) < 4.78 is 0. The number of rotatable bonds is 2. The lowest BCUT2D eigenvalue weighted by Crippen LogP contribution is -2.28. The number of aromatic amines is 1. The lowest BCUT2D eigenvalue weighted by molar-refractivity contribution is 0.552. The predicted octanol–water partition coefficient (Wildman–Crippen LogP) is 4.08. The van der Waals surface area contributed by atoms with Crippen LogP contribution in [0.1, 0.15) is 19.4 Å². The van der Waals surface area contributed by atoms with Crippen LogP contribution in [0, 0.1) is 0 Å². The number of pyridine rings is 1. The van der Waals surface area contributed by atoms with Gasteiger partial charge in [0.2, 0.25) is 0 Å². The highest BCUT2D eigenvalue weighted by molar-refractivity contribution is 5.86. The largest absolute Gasteiger partial charge is 0.322 e. The van der Waals surface area contributed by atoms with Gasteiger partial charge in [0.1, 0.15) is 0 Å². The summed E-state index contributed by atoms with van der Waals surface area (Å²) in [4.78, 5) is 4.50. The van der Waals surface area contributed by atoms with Gasteiger partial charge in [-0.05, 0) is 37.6 Å². The Morgan fingerprint density at radius 2 is 1.73 bits per heavy atom. The number of hydrogen-bond donors (Lipinski definition) is 2. The molecule has 22 heavy (non-hydrogen) atoms. The molecule has 0 bridgehead atoms. The summed E-state index contributed by atoms with van der Waals surface area (Å²) in [6, 6.07) is 10.2. The van der Waals surface area contributed by atoms with E-state index in [1.54, 1.807) is 0 Å². The van der Waals surface area contributed by atoms with Crippen LogP contribution in [0.4, 0.5) is 0 Å². The summed E-state index contributed by atoms with van der Waals surface area (Å²) in [7, 11) is 0. The van der Waals surface area contributed by atoms with Crippen molar-refractivity contribution in [2.24, 2.45) is 5.73 Å². The minimum absolute atomic E-state index is 0. The van der Waals surface area contributed by atoms with Crippen molar-refractivity contribution in [2.45, 2.75) is 19.4 Å². The van der Waals surface area contributed by atoms with E-state index in [9.17, 15) is 0 Å². The minimum atomic E-state index is -0.361. The van der Waals surface area contributed by atoms with Gasteiger partial charge in [0, 0.05) is 22.7 Å². The van der Waals surface area contributed by atoms with Crippen LogP contribution < -0.4 is 5.73 Å². The summed E-state index contributed by atoms with van der Waals surface area (Å²) >= 11 is 0. The fourth-order valence-electron chi connectivity index (χ4n) is 2.05. The van der Waals surface area contributed by atoms with Crippen molar-refractivity contribution < 1.29 is 0 Å². The highest BCUT2D eigenvalue weighted by Crippen LogP contribution is 2.23. The van der Waals surface area contributed by atoms with E-state index < -0.39 is 0 Å². The first kappa shape index (κ1) is 20.7. The first-order valence-corrected chi connectivity index (χ1v) is 6.23. The molecule has 3 rings (SSSR count). The van der Waals surface area contributed by atoms with Gasteiger partial charge in [-0.1, -0.05) is 12.1 Å². The Morgan fingerprint density at radius 3 is 2.32 bits per heavy atom. The standard InChI is InChI=1S/C15H16N4.3ClH/c1-15(2,16)12-4-6-13(17-9-12)10-3-5-14-11(7-10)8-18-19-14;;;/h3-9H,16H2,1-2H3,(H,18,19);3*1H. The number of benzene rings is 1. The molecule has 0 aliphatic heterocycles. The third kappa shape index (κ3) is 4.11. The minimum Gasteiger partial charge on any atom is -0.322 e. The molecule has 0 spiro atoms. The second kappa shape index (κ2) is 7.79. The number of hydrogen-bond acceptors (Lipinski definition) is 3. The van der Waals surface area contributed by atoms with Gasteiger partial charge < -0.3 is 5.73 Å². The van der Waals surface area contributed by atoms with E-state index >= 15 is 0 Å². The fraction of sp³-hybridized carbons (Fsp3) is 0.200. The number of H-pyrrole nitrogens is 1. The van der Waals surface area contributed by atoms with E-state index in [1.165, 1.54) is 0 Å². The van der Waals surface area contributed by atoms with Gasteiger partial charge in [0.05, 0.1) is 17.4 Å². The zero-order valence-corrected chi connectivity index (χ0v) is 14.7. The summed E-state index contributed by atoms with van der Waals surface area (Å²) in [6.07, 6.45) is 3.66. The fourth-order valence-corrected chi connectivity index (χ4v) is 2.05. The molecule has 3 aromatic rings. The molecule has 0 amide bonds. The van der Waals surface area contributed by atoms with Gasteiger partial charge in [0.15, 0.2) is 0 Å². The van der Waals surface area contributed by atoms with E-state index in [-0.39, 0.29) is 42.8 Å².